The number of aromatic nitrogens is 3. The molecule has 2 aromatic heterocycles. The van der Waals surface area contributed by atoms with E-state index in [4.69, 9.17) is 0 Å². The molecule has 1 saturated heterocycles. The van der Waals surface area contributed by atoms with Crippen molar-refractivity contribution in [3.8, 4) is 0 Å². The number of amides is 1. The van der Waals surface area contributed by atoms with Gasteiger partial charge in [0.2, 0.25) is 5.91 Å². The summed E-state index contributed by atoms with van der Waals surface area (Å²) in [5.41, 5.74) is 1.61. The summed E-state index contributed by atoms with van der Waals surface area (Å²) >= 11 is 0. The van der Waals surface area contributed by atoms with Crippen molar-refractivity contribution < 1.29 is 4.79 Å². The first-order chi connectivity index (χ1) is 14.7. The largest absolute Gasteiger partial charge is 0.354 e. The summed E-state index contributed by atoms with van der Waals surface area (Å²) in [5, 5.41) is 7.08. The molecule has 30 heavy (non-hydrogen) atoms. The van der Waals surface area contributed by atoms with Crippen LogP contribution < -0.4 is 11.0 Å². The molecule has 0 atom stereocenters. The van der Waals surface area contributed by atoms with Crippen LogP contribution >= 0.6 is 0 Å². The minimum atomic E-state index is -0.297. The van der Waals surface area contributed by atoms with E-state index in [-0.39, 0.29) is 18.1 Å². The second-order valence-corrected chi connectivity index (χ2v) is 7.68. The van der Waals surface area contributed by atoms with E-state index in [0.717, 1.165) is 45.7 Å². The van der Waals surface area contributed by atoms with Gasteiger partial charge in [0.15, 0.2) is 5.65 Å². The van der Waals surface area contributed by atoms with Crippen LogP contribution in [-0.4, -0.2) is 69.2 Å². The topological polar surface area (TPSA) is 74.9 Å². The Hall–Kier alpha value is -2.97. The Morgan fingerprint density at radius 3 is 2.47 bits per heavy atom. The van der Waals surface area contributed by atoms with E-state index in [9.17, 15) is 9.59 Å². The normalized spacial score (nSPS) is 15.5. The van der Waals surface area contributed by atoms with Gasteiger partial charge in [-0.2, -0.15) is 0 Å². The molecular weight excluding hydrogens is 380 g/mol. The number of pyridine rings is 1. The van der Waals surface area contributed by atoms with E-state index in [1.165, 1.54) is 14.6 Å². The lowest BCUT2D eigenvalue weighted by Crippen LogP contribution is -2.46. The first-order valence-electron chi connectivity index (χ1n) is 10.5. The molecule has 1 aromatic carbocycles. The van der Waals surface area contributed by atoms with Crippen molar-refractivity contribution in [2.45, 2.75) is 19.5 Å². The fourth-order valence-corrected chi connectivity index (χ4v) is 3.81. The number of carbonyl (C=O) groups excluding carboxylic acids is 1. The first kappa shape index (κ1) is 20.3. The summed E-state index contributed by atoms with van der Waals surface area (Å²) in [6.45, 7) is 6.76. The smallest absolute Gasteiger partial charge is 0.350 e. The number of hydrogen-bond acceptors (Lipinski definition) is 5. The van der Waals surface area contributed by atoms with Gasteiger partial charge in [0.1, 0.15) is 6.54 Å². The highest BCUT2D eigenvalue weighted by molar-refractivity contribution is 5.75. The van der Waals surface area contributed by atoms with Gasteiger partial charge in [-0.25, -0.2) is 9.48 Å². The Balaban J connectivity index is 1.14. The van der Waals surface area contributed by atoms with Gasteiger partial charge in [-0.15, -0.1) is 5.10 Å². The highest BCUT2D eigenvalue weighted by Gasteiger charge is 2.16. The molecule has 0 bridgehead atoms. The lowest BCUT2D eigenvalue weighted by molar-refractivity contribution is -0.121. The molecular formula is C22H28N6O2. The average Bonchev–Trinajstić information content (AvgIpc) is 3.08. The zero-order valence-electron chi connectivity index (χ0n) is 17.1. The Morgan fingerprint density at radius 1 is 0.967 bits per heavy atom. The third-order valence-electron chi connectivity index (χ3n) is 5.47. The van der Waals surface area contributed by atoms with Crippen molar-refractivity contribution >= 4 is 11.6 Å². The fraction of sp³-hybridized carbons (Fsp3) is 0.409. The van der Waals surface area contributed by atoms with Crippen LogP contribution in [0.1, 0.15) is 12.0 Å². The highest BCUT2D eigenvalue weighted by atomic mass is 16.2. The molecule has 8 nitrogen and oxygen atoms in total. The maximum absolute atomic E-state index is 12.2. The number of piperazine rings is 1. The SMILES string of the molecule is O=C(Cn1nc2ccccn2c1=O)NCCCN1CCN(Cc2ccccc2)CC1. The molecule has 0 unspecified atom stereocenters. The van der Waals surface area contributed by atoms with E-state index in [1.54, 1.807) is 18.3 Å². The summed E-state index contributed by atoms with van der Waals surface area (Å²) in [7, 11) is 0. The Labute approximate surface area is 175 Å². The molecule has 0 spiro atoms. The average molecular weight is 409 g/mol. The molecule has 0 radical (unpaired) electrons. The molecule has 1 aliphatic heterocycles. The van der Waals surface area contributed by atoms with E-state index >= 15 is 0 Å². The van der Waals surface area contributed by atoms with Crippen molar-refractivity contribution in [1.82, 2.24) is 29.3 Å². The van der Waals surface area contributed by atoms with Crippen LogP contribution in [0.4, 0.5) is 0 Å². The van der Waals surface area contributed by atoms with Crippen LogP contribution in [0.15, 0.2) is 59.5 Å². The summed E-state index contributed by atoms with van der Waals surface area (Å²) in [4.78, 5) is 29.3. The monoisotopic (exact) mass is 408 g/mol. The molecule has 3 aromatic rings. The fourth-order valence-electron chi connectivity index (χ4n) is 3.81. The van der Waals surface area contributed by atoms with Gasteiger partial charge in [0, 0.05) is 45.5 Å². The van der Waals surface area contributed by atoms with Gasteiger partial charge in [-0.05, 0) is 30.7 Å². The van der Waals surface area contributed by atoms with Crippen LogP contribution in [0.5, 0.6) is 0 Å². The Morgan fingerprint density at radius 2 is 1.70 bits per heavy atom. The molecule has 3 heterocycles. The quantitative estimate of drug-likeness (QED) is 0.559. The van der Waals surface area contributed by atoms with Gasteiger partial charge in [-0.3, -0.25) is 14.1 Å². The Kier molecular flexibility index (Phi) is 6.56. The molecule has 8 heteroatoms. The zero-order valence-corrected chi connectivity index (χ0v) is 17.1. The lowest BCUT2D eigenvalue weighted by atomic mass is 10.2. The first-order valence-corrected chi connectivity index (χ1v) is 10.5. The molecule has 0 aliphatic carbocycles. The van der Waals surface area contributed by atoms with Crippen molar-refractivity contribution in [1.29, 1.82) is 0 Å². The van der Waals surface area contributed by atoms with Gasteiger partial charge in [0.05, 0.1) is 0 Å². The predicted octanol–water partition coefficient (Wildman–Crippen LogP) is 0.820. The summed E-state index contributed by atoms with van der Waals surface area (Å²) in [6, 6.07) is 15.9. The number of rotatable bonds is 8. The number of nitrogens with one attached hydrogen (secondary N) is 1. The molecule has 4 rings (SSSR count). The summed E-state index contributed by atoms with van der Waals surface area (Å²) < 4.78 is 2.64. The number of nitrogens with zero attached hydrogens (tertiary/aromatic N) is 5. The molecule has 158 valence electrons. The second kappa shape index (κ2) is 9.69. The second-order valence-electron chi connectivity index (χ2n) is 7.68. The van der Waals surface area contributed by atoms with Crippen molar-refractivity contribution in [2.75, 3.05) is 39.3 Å². The molecule has 1 N–H and O–H groups in total. The maximum atomic E-state index is 12.2. The van der Waals surface area contributed by atoms with Crippen LogP contribution in [-0.2, 0) is 17.9 Å². The molecule has 1 fully saturated rings. The standard InChI is InChI=1S/C22H28N6O2/c29-21(18-28-22(30)27-12-5-4-9-20(27)24-28)23-10-6-11-25-13-15-26(16-14-25)17-19-7-2-1-3-8-19/h1-5,7-9,12H,6,10-11,13-18H2,(H,23,29). The predicted molar refractivity (Wildman–Crippen MR) is 115 cm³/mol. The van der Waals surface area contributed by atoms with Crippen LogP contribution in [0.25, 0.3) is 5.65 Å². The molecule has 1 aliphatic rings. The third kappa shape index (κ3) is 5.14. The third-order valence-corrected chi connectivity index (χ3v) is 5.47. The van der Waals surface area contributed by atoms with Crippen molar-refractivity contribution in [2.24, 2.45) is 0 Å². The molecule has 0 saturated carbocycles. The summed E-state index contributed by atoms with van der Waals surface area (Å²) in [5.74, 6) is -0.187. The van der Waals surface area contributed by atoms with Crippen molar-refractivity contribution in [3.63, 3.8) is 0 Å². The van der Waals surface area contributed by atoms with Gasteiger partial charge in [-0.1, -0.05) is 36.4 Å². The van der Waals surface area contributed by atoms with E-state index in [1.807, 2.05) is 6.07 Å². The van der Waals surface area contributed by atoms with Gasteiger partial charge < -0.3 is 10.2 Å². The number of benzene rings is 1. The van der Waals surface area contributed by atoms with Crippen LogP contribution in [0.3, 0.4) is 0 Å². The van der Waals surface area contributed by atoms with Crippen LogP contribution in [0, 0.1) is 0 Å². The number of fused-ring (bicyclic) bond motifs is 1. The minimum Gasteiger partial charge on any atom is -0.354 e. The lowest BCUT2D eigenvalue weighted by Gasteiger charge is -2.34. The van der Waals surface area contributed by atoms with Gasteiger partial charge >= 0.3 is 5.69 Å². The van der Waals surface area contributed by atoms with E-state index in [0.29, 0.717) is 12.2 Å². The highest BCUT2D eigenvalue weighted by Crippen LogP contribution is 2.08. The van der Waals surface area contributed by atoms with E-state index < -0.39 is 0 Å². The number of hydrogen-bond donors (Lipinski definition) is 1. The van der Waals surface area contributed by atoms with Gasteiger partial charge in [0.25, 0.3) is 0 Å². The number of carbonyl (C=O) groups is 1. The maximum Gasteiger partial charge on any atom is 0.350 e. The Bertz CT molecular complexity index is 1020. The summed E-state index contributed by atoms with van der Waals surface area (Å²) in [6.07, 6.45) is 2.54. The van der Waals surface area contributed by atoms with Crippen LogP contribution in [0.2, 0.25) is 0 Å². The van der Waals surface area contributed by atoms with Crippen molar-refractivity contribution in [3.05, 3.63) is 70.8 Å². The van der Waals surface area contributed by atoms with E-state index in [2.05, 4.69) is 50.5 Å². The minimum absolute atomic E-state index is 0.0569. The molecule has 1 amide bonds. The zero-order chi connectivity index (χ0) is 20.8.